The average molecular weight is 312 g/mol. The second kappa shape index (κ2) is 5.38. The van der Waals surface area contributed by atoms with Gasteiger partial charge in [-0.2, -0.15) is 0 Å². The van der Waals surface area contributed by atoms with E-state index in [-0.39, 0.29) is 5.91 Å². The molecule has 2 aromatic heterocycles. The van der Waals surface area contributed by atoms with Gasteiger partial charge in [0.05, 0.1) is 0 Å². The van der Waals surface area contributed by atoms with Crippen LogP contribution in [-0.2, 0) is 4.79 Å². The van der Waals surface area contributed by atoms with Gasteiger partial charge in [-0.05, 0) is 62.3 Å². The summed E-state index contributed by atoms with van der Waals surface area (Å²) in [6.45, 7) is 6.03. The van der Waals surface area contributed by atoms with E-state index in [4.69, 9.17) is 12.2 Å². The predicted molar refractivity (Wildman–Crippen MR) is 89.6 cm³/mol. The molecule has 0 atom stereocenters. The fourth-order valence-electron chi connectivity index (χ4n) is 2.52. The van der Waals surface area contributed by atoms with E-state index in [1.54, 1.807) is 0 Å². The summed E-state index contributed by atoms with van der Waals surface area (Å²) in [5, 5.41) is 5.76. The monoisotopic (exact) mass is 312 g/mol. The van der Waals surface area contributed by atoms with Crippen molar-refractivity contribution < 1.29 is 4.79 Å². The molecule has 0 unspecified atom stereocenters. The van der Waals surface area contributed by atoms with Crippen LogP contribution in [0.15, 0.2) is 30.1 Å². The third kappa shape index (κ3) is 2.53. The molecule has 0 aromatic carbocycles. The van der Waals surface area contributed by atoms with Crippen molar-refractivity contribution in [1.29, 1.82) is 0 Å². The molecular weight excluding hydrogens is 296 g/mol. The van der Waals surface area contributed by atoms with Crippen molar-refractivity contribution in [3.05, 3.63) is 52.6 Å². The molecule has 2 aromatic rings. The number of nitrogens with one attached hydrogen (secondary N) is 2. The topological polar surface area (TPSA) is 59.0 Å². The van der Waals surface area contributed by atoms with Gasteiger partial charge < -0.3 is 9.88 Å². The van der Waals surface area contributed by atoms with Gasteiger partial charge in [-0.1, -0.05) is 6.07 Å². The molecule has 0 saturated carbocycles. The lowest BCUT2D eigenvalue weighted by Crippen LogP contribution is -2.21. The van der Waals surface area contributed by atoms with Crippen LogP contribution in [0.3, 0.4) is 0 Å². The number of nitrogens with zero attached hydrogens (tertiary/aromatic N) is 2. The Morgan fingerprint density at radius 3 is 2.59 bits per heavy atom. The third-order valence-corrected chi connectivity index (χ3v) is 3.82. The quantitative estimate of drug-likeness (QED) is 0.659. The van der Waals surface area contributed by atoms with Crippen molar-refractivity contribution in [3.8, 4) is 5.82 Å². The van der Waals surface area contributed by atoms with Crippen molar-refractivity contribution in [2.75, 3.05) is 0 Å². The number of thiocarbonyl (C=S) groups is 1. The molecule has 2 N–H and O–H groups in total. The molecule has 3 rings (SSSR count). The summed E-state index contributed by atoms with van der Waals surface area (Å²) in [6, 6.07) is 6.05. The summed E-state index contributed by atoms with van der Waals surface area (Å²) in [6.07, 6.45) is 3.65. The molecule has 5 nitrogen and oxygen atoms in total. The maximum Gasteiger partial charge on any atom is 0.273 e. The average Bonchev–Trinajstić information content (AvgIpc) is 2.92. The number of carbonyl (C=O) groups is 1. The Hall–Kier alpha value is -2.47. The smallest absolute Gasteiger partial charge is 0.273 e. The minimum atomic E-state index is -0.205. The summed E-state index contributed by atoms with van der Waals surface area (Å²) in [5.74, 6) is 0.660. The standard InChI is InChI=1S/C16H16N4OS/c1-9-4-5-14(17-8-9)20-10(2)6-12(11(20)3)7-13-15(21)19-16(22)18-13/h4-8H,1-3H3,(H2,18,19,21,22)/b13-7+. The molecule has 1 fully saturated rings. The van der Waals surface area contributed by atoms with Crippen LogP contribution in [0.4, 0.5) is 0 Å². The maximum atomic E-state index is 11.8. The van der Waals surface area contributed by atoms with E-state index < -0.39 is 0 Å². The van der Waals surface area contributed by atoms with E-state index in [2.05, 4.69) is 20.2 Å². The SMILES string of the molecule is Cc1ccc(-n2c(C)cc(/C=C3/NC(=S)NC3=O)c2C)nc1. The number of pyridine rings is 1. The van der Waals surface area contributed by atoms with Crippen LogP contribution in [-0.4, -0.2) is 20.6 Å². The summed E-state index contributed by atoms with van der Waals surface area (Å²) < 4.78 is 2.07. The summed E-state index contributed by atoms with van der Waals surface area (Å²) in [4.78, 5) is 16.2. The van der Waals surface area contributed by atoms with Gasteiger partial charge in [-0.25, -0.2) is 4.98 Å². The van der Waals surface area contributed by atoms with Crippen LogP contribution < -0.4 is 10.6 Å². The fourth-order valence-corrected chi connectivity index (χ4v) is 2.72. The molecule has 3 heterocycles. The van der Waals surface area contributed by atoms with Crippen molar-refractivity contribution in [3.63, 3.8) is 0 Å². The first-order chi connectivity index (χ1) is 10.5. The molecule has 6 heteroatoms. The first-order valence-corrected chi connectivity index (χ1v) is 7.32. The minimum absolute atomic E-state index is 0.205. The zero-order valence-electron chi connectivity index (χ0n) is 12.6. The highest BCUT2D eigenvalue weighted by molar-refractivity contribution is 7.80. The number of aryl methyl sites for hydroxylation is 2. The van der Waals surface area contributed by atoms with Crippen LogP contribution >= 0.6 is 12.2 Å². The molecule has 1 saturated heterocycles. The fraction of sp³-hybridized carbons (Fsp3) is 0.188. The molecule has 22 heavy (non-hydrogen) atoms. The molecule has 1 amide bonds. The van der Waals surface area contributed by atoms with E-state index in [1.165, 1.54) is 0 Å². The van der Waals surface area contributed by atoms with E-state index in [0.29, 0.717) is 10.8 Å². The number of aromatic nitrogens is 2. The Morgan fingerprint density at radius 1 is 1.23 bits per heavy atom. The molecular formula is C16H16N4OS. The Morgan fingerprint density at radius 2 is 2.00 bits per heavy atom. The number of hydrogen-bond donors (Lipinski definition) is 2. The van der Waals surface area contributed by atoms with Gasteiger partial charge in [0.15, 0.2) is 5.11 Å². The van der Waals surface area contributed by atoms with Crippen LogP contribution in [0.5, 0.6) is 0 Å². The maximum absolute atomic E-state index is 11.8. The van der Waals surface area contributed by atoms with Crippen LogP contribution in [0, 0.1) is 20.8 Å². The van der Waals surface area contributed by atoms with Crippen LogP contribution in [0.2, 0.25) is 0 Å². The Bertz CT molecular complexity index is 802. The number of hydrogen-bond acceptors (Lipinski definition) is 3. The van der Waals surface area contributed by atoms with E-state index in [0.717, 1.165) is 28.3 Å². The van der Waals surface area contributed by atoms with Gasteiger partial charge in [0.25, 0.3) is 5.91 Å². The second-order valence-electron chi connectivity index (χ2n) is 5.32. The molecule has 0 aliphatic carbocycles. The van der Waals surface area contributed by atoms with Gasteiger partial charge >= 0.3 is 0 Å². The first-order valence-electron chi connectivity index (χ1n) is 6.91. The van der Waals surface area contributed by atoms with E-state index in [9.17, 15) is 4.79 Å². The molecule has 0 bridgehead atoms. The highest BCUT2D eigenvalue weighted by atomic mass is 32.1. The zero-order valence-corrected chi connectivity index (χ0v) is 13.4. The van der Waals surface area contributed by atoms with Gasteiger partial charge in [-0.15, -0.1) is 0 Å². The van der Waals surface area contributed by atoms with Gasteiger partial charge in [0, 0.05) is 17.6 Å². The van der Waals surface area contributed by atoms with E-state index in [1.807, 2.05) is 51.2 Å². The predicted octanol–water partition coefficient (Wildman–Crippen LogP) is 2.14. The summed E-state index contributed by atoms with van der Waals surface area (Å²) in [5.41, 5.74) is 4.62. The summed E-state index contributed by atoms with van der Waals surface area (Å²) >= 11 is 4.94. The van der Waals surface area contributed by atoms with Gasteiger partial charge in [0.1, 0.15) is 11.5 Å². The molecule has 0 radical (unpaired) electrons. The molecule has 0 spiro atoms. The third-order valence-electron chi connectivity index (χ3n) is 3.61. The normalized spacial score (nSPS) is 16.0. The largest absolute Gasteiger partial charge is 0.328 e. The number of carbonyl (C=O) groups excluding carboxylic acids is 1. The van der Waals surface area contributed by atoms with Crippen LogP contribution in [0.1, 0.15) is 22.5 Å². The lowest BCUT2D eigenvalue weighted by atomic mass is 10.2. The second-order valence-corrected chi connectivity index (χ2v) is 5.73. The molecule has 1 aliphatic heterocycles. The first kappa shape index (κ1) is 14.5. The number of amides is 1. The Balaban J connectivity index is 2.04. The Labute approximate surface area is 134 Å². The number of rotatable bonds is 2. The molecule has 1 aliphatic rings. The highest BCUT2D eigenvalue weighted by Crippen LogP contribution is 2.22. The van der Waals surface area contributed by atoms with Crippen molar-refractivity contribution >= 4 is 29.3 Å². The zero-order chi connectivity index (χ0) is 15.9. The summed E-state index contributed by atoms with van der Waals surface area (Å²) in [7, 11) is 0. The lowest BCUT2D eigenvalue weighted by Gasteiger charge is -2.08. The highest BCUT2D eigenvalue weighted by Gasteiger charge is 2.21. The Kier molecular flexibility index (Phi) is 3.54. The van der Waals surface area contributed by atoms with Gasteiger partial charge in [-0.3, -0.25) is 10.1 Å². The van der Waals surface area contributed by atoms with Crippen molar-refractivity contribution in [1.82, 2.24) is 20.2 Å². The molecule has 112 valence electrons. The van der Waals surface area contributed by atoms with E-state index >= 15 is 0 Å². The lowest BCUT2D eigenvalue weighted by molar-refractivity contribution is -0.115. The minimum Gasteiger partial charge on any atom is -0.328 e. The van der Waals surface area contributed by atoms with Crippen LogP contribution in [0.25, 0.3) is 11.9 Å². The van der Waals surface area contributed by atoms with Crippen molar-refractivity contribution in [2.45, 2.75) is 20.8 Å². The van der Waals surface area contributed by atoms with Crippen molar-refractivity contribution in [2.24, 2.45) is 0 Å². The van der Waals surface area contributed by atoms with Gasteiger partial charge in [0.2, 0.25) is 0 Å².